The Labute approximate surface area is 193 Å². The van der Waals surface area contributed by atoms with Crippen molar-refractivity contribution < 1.29 is 27.5 Å². The van der Waals surface area contributed by atoms with Crippen molar-refractivity contribution in [3.8, 4) is 0 Å². The number of aromatic nitrogens is 3. The third-order valence-corrected chi connectivity index (χ3v) is 6.88. The van der Waals surface area contributed by atoms with Crippen molar-refractivity contribution in [2.24, 2.45) is 0 Å². The molecule has 0 bridgehead atoms. The van der Waals surface area contributed by atoms with Crippen molar-refractivity contribution in [1.82, 2.24) is 25.0 Å². The Kier molecular flexibility index (Phi) is 5.38. The average molecular weight is 475 g/mol. The molecule has 0 spiro atoms. The molecule has 0 radical (unpaired) electrons. The van der Waals surface area contributed by atoms with E-state index in [1.54, 1.807) is 19.1 Å². The van der Waals surface area contributed by atoms with Crippen LogP contribution in [-0.2, 0) is 17.7 Å². The molecular weight excluding hydrogens is 451 g/mol. The topological polar surface area (TPSA) is 94.3 Å². The van der Waals surface area contributed by atoms with Gasteiger partial charge in [-0.2, -0.15) is 5.10 Å². The van der Waals surface area contributed by atoms with Crippen molar-refractivity contribution in [3.63, 3.8) is 0 Å². The number of rotatable bonds is 6. The minimum Gasteiger partial charge on any atom is -0.382 e. The maximum Gasteiger partial charge on any atom is 0.274 e. The van der Waals surface area contributed by atoms with Gasteiger partial charge in [-0.1, -0.05) is 0 Å². The van der Waals surface area contributed by atoms with Gasteiger partial charge in [-0.25, -0.2) is 13.2 Å². The van der Waals surface area contributed by atoms with Crippen molar-refractivity contribution in [2.75, 3.05) is 27.3 Å². The van der Waals surface area contributed by atoms with Crippen LogP contribution in [0.1, 0.15) is 57.1 Å². The van der Waals surface area contributed by atoms with Crippen molar-refractivity contribution >= 4 is 22.7 Å². The molecule has 1 aliphatic heterocycles. The number of H-pyrrole nitrogens is 2. The predicted octanol–water partition coefficient (Wildman–Crippen LogP) is 3.42. The molecule has 5 rings (SSSR count). The van der Waals surface area contributed by atoms with Gasteiger partial charge in [0.05, 0.1) is 18.7 Å². The zero-order chi connectivity index (χ0) is 24.2. The van der Waals surface area contributed by atoms with E-state index in [9.17, 15) is 22.8 Å². The highest BCUT2D eigenvalue weighted by molar-refractivity contribution is 5.99. The van der Waals surface area contributed by atoms with Crippen LogP contribution in [-0.4, -0.2) is 69.6 Å². The Morgan fingerprint density at radius 3 is 2.74 bits per heavy atom. The monoisotopic (exact) mass is 475 g/mol. The van der Waals surface area contributed by atoms with E-state index in [4.69, 9.17) is 4.74 Å². The molecular formula is C23H24F3N5O3. The molecule has 0 unspecified atom stereocenters. The fourth-order valence-corrected chi connectivity index (χ4v) is 4.70. The van der Waals surface area contributed by atoms with Gasteiger partial charge in [0, 0.05) is 54.8 Å². The number of aromatic amines is 2. The molecule has 8 nitrogen and oxygen atoms in total. The molecule has 2 amide bonds. The van der Waals surface area contributed by atoms with E-state index < -0.39 is 23.7 Å². The Hall–Kier alpha value is -3.34. The van der Waals surface area contributed by atoms with Crippen LogP contribution in [0.5, 0.6) is 0 Å². The van der Waals surface area contributed by atoms with Crippen LogP contribution < -0.4 is 0 Å². The van der Waals surface area contributed by atoms with Gasteiger partial charge in [-0.3, -0.25) is 14.7 Å². The second-order valence-electron chi connectivity index (χ2n) is 8.97. The first kappa shape index (κ1) is 22.5. The second-order valence-corrected chi connectivity index (χ2v) is 8.97. The summed E-state index contributed by atoms with van der Waals surface area (Å²) in [6, 6.07) is 3.19. The summed E-state index contributed by atoms with van der Waals surface area (Å²) >= 11 is 0. The fraction of sp³-hybridized carbons (Fsp3) is 0.435. The number of methoxy groups -OCH3 is 1. The summed E-state index contributed by atoms with van der Waals surface area (Å²) in [6.45, 7) is 0.937. The lowest BCUT2D eigenvalue weighted by Gasteiger charge is -2.29. The number of alkyl halides is 2. The van der Waals surface area contributed by atoms with Crippen LogP contribution in [0, 0.1) is 5.82 Å². The van der Waals surface area contributed by atoms with Crippen LogP contribution in [0.3, 0.4) is 0 Å². The largest absolute Gasteiger partial charge is 0.382 e. The number of ether oxygens (including phenoxy) is 1. The lowest BCUT2D eigenvalue weighted by Crippen LogP contribution is -2.43. The molecule has 11 heteroatoms. The fourth-order valence-electron chi connectivity index (χ4n) is 4.70. The van der Waals surface area contributed by atoms with Gasteiger partial charge in [0.1, 0.15) is 11.5 Å². The van der Waals surface area contributed by atoms with Gasteiger partial charge in [0.15, 0.2) is 5.69 Å². The molecule has 0 atom stereocenters. The summed E-state index contributed by atoms with van der Waals surface area (Å²) in [6.07, 6.45) is -0.714. The summed E-state index contributed by atoms with van der Waals surface area (Å²) in [5, 5.41) is 7.25. The van der Waals surface area contributed by atoms with Crippen LogP contribution in [0.2, 0.25) is 0 Å². The summed E-state index contributed by atoms with van der Waals surface area (Å²) in [5.74, 6) is -1.48. The lowest BCUT2D eigenvalue weighted by atomic mass is 10.0. The predicted molar refractivity (Wildman–Crippen MR) is 116 cm³/mol. The van der Waals surface area contributed by atoms with Gasteiger partial charge in [0.2, 0.25) is 0 Å². The maximum absolute atomic E-state index is 13.8. The number of fused-ring (bicyclic) bond motifs is 2. The van der Waals surface area contributed by atoms with Crippen LogP contribution >= 0.6 is 0 Å². The SMILES string of the molecule is COCC1(N(C)C(=O)c2n[nH]c3c2CN(C(=O)c2cc4c(C(F)F)cc(F)cc4[nH]2)CC3)CC1. The molecule has 180 valence electrons. The highest BCUT2D eigenvalue weighted by Crippen LogP contribution is 2.42. The van der Waals surface area contributed by atoms with E-state index in [1.807, 2.05) is 0 Å². The molecule has 34 heavy (non-hydrogen) atoms. The van der Waals surface area contributed by atoms with Gasteiger partial charge in [0.25, 0.3) is 18.2 Å². The van der Waals surface area contributed by atoms with Gasteiger partial charge in [-0.15, -0.1) is 0 Å². The number of carbonyl (C=O) groups is 2. The Morgan fingerprint density at radius 1 is 1.29 bits per heavy atom. The van der Waals surface area contributed by atoms with E-state index in [0.29, 0.717) is 25.1 Å². The zero-order valence-electron chi connectivity index (χ0n) is 18.8. The maximum atomic E-state index is 13.8. The standard InChI is InChI=1S/C23H24F3N5O3/c1-30(23(4-5-23)11-34-2)22(33)19-15-10-31(6-3-16(15)28-29-19)21(32)18-9-13-14(20(25)26)7-12(24)8-17(13)27-18/h7-9,20,27H,3-6,10-11H2,1-2H3,(H,28,29). The molecule has 2 aromatic heterocycles. The number of halogens is 3. The third kappa shape index (κ3) is 3.64. The Balaban J connectivity index is 1.40. The first-order valence-electron chi connectivity index (χ1n) is 11.0. The van der Waals surface area contributed by atoms with Gasteiger partial charge in [-0.05, 0) is 31.0 Å². The van der Waals surface area contributed by atoms with E-state index in [1.165, 1.54) is 11.0 Å². The molecule has 3 heterocycles. The number of hydrogen-bond acceptors (Lipinski definition) is 4. The van der Waals surface area contributed by atoms with Crippen molar-refractivity contribution in [3.05, 3.63) is 52.2 Å². The van der Waals surface area contributed by atoms with E-state index in [2.05, 4.69) is 15.2 Å². The number of nitrogens with zero attached hydrogens (tertiary/aromatic N) is 3. The summed E-state index contributed by atoms with van der Waals surface area (Å²) in [5.41, 5.74) is 1.10. The van der Waals surface area contributed by atoms with Gasteiger partial charge >= 0.3 is 0 Å². The highest BCUT2D eigenvalue weighted by Gasteiger charge is 2.49. The summed E-state index contributed by atoms with van der Waals surface area (Å²) in [4.78, 5) is 32.4. The summed E-state index contributed by atoms with van der Waals surface area (Å²) in [7, 11) is 3.33. The average Bonchev–Trinajstić information content (AvgIpc) is 3.28. The number of carbonyl (C=O) groups excluding carboxylic acids is 2. The van der Waals surface area contributed by atoms with E-state index in [0.717, 1.165) is 30.7 Å². The molecule has 1 aromatic carbocycles. The smallest absolute Gasteiger partial charge is 0.274 e. The Bertz CT molecular complexity index is 1280. The minimum atomic E-state index is -2.88. The molecule has 1 saturated carbocycles. The second kappa shape index (κ2) is 8.15. The van der Waals surface area contributed by atoms with Crippen LogP contribution in [0.4, 0.5) is 13.2 Å². The summed E-state index contributed by atoms with van der Waals surface area (Å²) < 4.78 is 45.8. The molecule has 0 saturated heterocycles. The van der Waals surface area contributed by atoms with Crippen molar-refractivity contribution in [2.45, 2.75) is 37.8 Å². The lowest BCUT2D eigenvalue weighted by molar-refractivity contribution is 0.0541. The molecule has 2 N–H and O–H groups in total. The number of hydrogen-bond donors (Lipinski definition) is 2. The van der Waals surface area contributed by atoms with Crippen LogP contribution in [0.25, 0.3) is 10.9 Å². The first-order chi connectivity index (χ1) is 16.2. The number of amides is 2. The molecule has 2 aliphatic rings. The number of nitrogens with one attached hydrogen (secondary N) is 2. The van der Waals surface area contributed by atoms with Crippen molar-refractivity contribution in [1.29, 1.82) is 0 Å². The normalized spacial score (nSPS) is 16.7. The molecule has 3 aromatic rings. The van der Waals surface area contributed by atoms with Gasteiger partial charge < -0.3 is 19.5 Å². The first-order valence-corrected chi connectivity index (χ1v) is 11.0. The third-order valence-electron chi connectivity index (χ3n) is 6.88. The van der Waals surface area contributed by atoms with E-state index in [-0.39, 0.29) is 40.3 Å². The van der Waals surface area contributed by atoms with E-state index >= 15 is 0 Å². The number of likely N-dealkylation sites (N-methyl/N-ethyl adjacent to an activating group) is 1. The Morgan fingerprint density at radius 2 is 2.06 bits per heavy atom. The quantitative estimate of drug-likeness (QED) is 0.571. The van der Waals surface area contributed by atoms with Crippen LogP contribution in [0.15, 0.2) is 18.2 Å². The number of benzene rings is 1. The molecule has 1 fully saturated rings. The highest BCUT2D eigenvalue weighted by atomic mass is 19.3. The minimum absolute atomic E-state index is 0.0801. The molecule has 1 aliphatic carbocycles. The zero-order valence-corrected chi connectivity index (χ0v) is 18.8.